The van der Waals surface area contributed by atoms with Crippen LogP contribution in [-0.2, 0) is 4.79 Å². The molecule has 1 aliphatic carbocycles. The Morgan fingerprint density at radius 1 is 1.31 bits per heavy atom. The largest absolute Gasteiger partial charge is 0.352 e. The molecule has 0 spiro atoms. The van der Waals surface area contributed by atoms with Crippen LogP contribution in [-0.4, -0.2) is 43.0 Å². The van der Waals surface area contributed by atoms with Gasteiger partial charge >= 0.3 is 0 Å². The zero-order valence-corrected chi connectivity index (χ0v) is 10.1. The Hall–Kier alpha value is -0.610. The lowest BCUT2D eigenvalue weighted by Crippen LogP contribution is -2.47. The zero-order chi connectivity index (χ0) is 11.5. The van der Waals surface area contributed by atoms with Crippen molar-refractivity contribution in [2.45, 2.75) is 44.2 Å². The van der Waals surface area contributed by atoms with E-state index in [9.17, 15) is 4.79 Å². The van der Waals surface area contributed by atoms with Gasteiger partial charge in [0.05, 0.1) is 5.92 Å². The van der Waals surface area contributed by atoms with Gasteiger partial charge in [0.1, 0.15) is 0 Å². The van der Waals surface area contributed by atoms with Gasteiger partial charge in [-0.3, -0.25) is 4.79 Å². The molecule has 3 N–H and O–H groups in total. The van der Waals surface area contributed by atoms with E-state index in [1.54, 1.807) is 0 Å². The highest BCUT2D eigenvalue weighted by Gasteiger charge is 2.30. The van der Waals surface area contributed by atoms with E-state index in [0.29, 0.717) is 6.04 Å². The number of rotatable bonds is 2. The molecule has 16 heavy (non-hydrogen) atoms. The quantitative estimate of drug-likeness (QED) is 0.712. The number of nitrogens with one attached hydrogen (secondary N) is 1. The normalized spacial score (nSPS) is 36.2. The van der Waals surface area contributed by atoms with Gasteiger partial charge in [-0.05, 0) is 32.9 Å². The van der Waals surface area contributed by atoms with Crippen LogP contribution in [0.2, 0.25) is 0 Å². The fraction of sp³-hybridized carbons (Fsp3) is 0.917. The second-order valence-electron chi connectivity index (χ2n) is 5.31. The Labute approximate surface area is 97.6 Å². The van der Waals surface area contributed by atoms with Crippen LogP contribution in [0.5, 0.6) is 0 Å². The average molecular weight is 225 g/mol. The summed E-state index contributed by atoms with van der Waals surface area (Å²) in [5.41, 5.74) is 6.01. The minimum absolute atomic E-state index is 0.0552. The summed E-state index contributed by atoms with van der Waals surface area (Å²) in [7, 11) is 2.10. The highest BCUT2D eigenvalue weighted by atomic mass is 16.2. The SMILES string of the molecule is CN1CCC(NC(=O)C2CCCCC2N)C1. The Balaban J connectivity index is 1.82. The highest BCUT2D eigenvalue weighted by Crippen LogP contribution is 2.23. The molecular formula is C12H23N3O. The highest BCUT2D eigenvalue weighted by molar-refractivity contribution is 5.79. The molecule has 0 aromatic rings. The molecule has 1 saturated heterocycles. The third-order valence-corrected chi connectivity index (χ3v) is 3.89. The summed E-state index contributed by atoms with van der Waals surface area (Å²) in [4.78, 5) is 14.3. The van der Waals surface area contributed by atoms with Crippen molar-refractivity contribution in [3.8, 4) is 0 Å². The van der Waals surface area contributed by atoms with E-state index >= 15 is 0 Å². The molecule has 1 aliphatic heterocycles. The lowest BCUT2D eigenvalue weighted by molar-refractivity contribution is -0.127. The first-order valence-corrected chi connectivity index (χ1v) is 6.41. The molecule has 3 unspecified atom stereocenters. The summed E-state index contributed by atoms with van der Waals surface area (Å²) in [6.07, 6.45) is 5.37. The number of nitrogens with two attached hydrogens (primary N) is 1. The summed E-state index contributed by atoms with van der Waals surface area (Å²) < 4.78 is 0. The smallest absolute Gasteiger partial charge is 0.224 e. The van der Waals surface area contributed by atoms with Gasteiger partial charge in [-0.15, -0.1) is 0 Å². The number of carbonyl (C=O) groups is 1. The topological polar surface area (TPSA) is 58.4 Å². The molecule has 1 heterocycles. The summed E-state index contributed by atoms with van der Waals surface area (Å²) in [5.74, 6) is 0.243. The number of likely N-dealkylation sites (tertiary alicyclic amines) is 1. The van der Waals surface area contributed by atoms with E-state index in [1.165, 1.54) is 6.42 Å². The van der Waals surface area contributed by atoms with Crippen molar-refractivity contribution in [1.29, 1.82) is 0 Å². The lowest BCUT2D eigenvalue weighted by atomic mass is 9.84. The number of hydrogen-bond donors (Lipinski definition) is 2. The molecule has 0 aromatic carbocycles. The minimum Gasteiger partial charge on any atom is -0.352 e. The van der Waals surface area contributed by atoms with Crippen LogP contribution in [0.1, 0.15) is 32.1 Å². The maximum Gasteiger partial charge on any atom is 0.224 e. The van der Waals surface area contributed by atoms with Crippen molar-refractivity contribution >= 4 is 5.91 Å². The predicted octanol–water partition coefficient (Wildman–Crippen LogP) is 0.324. The van der Waals surface area contributed by atoms with Crippen LogP contribution in [0, 0.1) is 5.92 Å². The summed E-state index contributed by atoms with van der Waals surface area (Å²) in [6.45, 7) is 2.06. The van der Waals surface area contributed by atoms with E-state index in [4.69, 9.17) is 5.73 Å². The zero-order valence-electron chi connectivity index (χ0n) is 10.1. The molecule has 0 bridgehead atoms. The second-order valence-corrected chi connectivity index (χ2v) is 5.31. The van der Waals surface area contributed by atoms with Crippen LogP contribution in [0.3, 0.4) is 0 Å². The third kappa shape index (κ3) is 2.74. The average Bonchev–Trinajstić information content (AvgIpc) is 2.64. The van der Waals surface area contributed by atoms with Crippen LogP contribution < -0.4 is 11.1 Å². The van der Waals surface area contributed by atoms with Gasteiger partial charge in [0.25, 0.3) is 0 Å². The van der Waals surface area contributed by atoms with Crippen molar-refractivity contribution in [2.24, 2.45) is 11.7 Å². The van der Waals surface area contributed by atoms with E-state index in [1.807, 2.05) is 0 Å². The molecule has 1 amide bonds. The summed E-state index contributed by atoms with van der Waals surface area (Å²) in [6, 6.07) is 0.416. The van der Waals surface area contributed by atoms with Crippen LogP contribution >= 0.6 is 0 Å². The molecule has 92 valence electrons. The maximum atomic E-state index is 12.1. The van der Waals surface area contributed by atoms with Gasteiger partial charge in [-0.1, -0.05) is 12.8 Å². The first-order chi connectivity index (χ1) is 7.66. The molecule has 0 aromatic heterocycles. The van der Waals surface area contributed by atoms with E-state index in [2.05, 4.69) is 17.3 Å². The summed E-state index contributed by atoms with van der Waals surface area (Å²) >= 11 is 0. The molecule has 2 rings (SSSR count). The van der Waals surface area contributed by atoms with Gasteiger partial charge in [-0.25, -0.2) is 0 Å². The Morgan fingerprint density at radius 2 is 2.06 bits per heavy atom. The number of nitrogens with zero attached hydrogens (tertiary/aromatic N) is 1. The minimum atomic E-state index is 0.0552. The second kappa shape index (κ2) is 5.15. The van der Waals surface area contributed by atoms with Gasteiger partial charge in [0.2, 0.25) is 5.91 Å². The van der Waals surface area contributed by atoms with Crippen molar-refractivity contribution in [1.82, 2.24) is 10.2 Å². The molecular weight excluding hydrogens is 202 g/mol. The number of likely N-dealkylation sites (N-methyl/N-ethyl adjacent to an activating group) is 1. The number of hydrogen-bond acceptors (Lipinski definition) is 3. The van der Waals surface area contributed by atoms with E-state index < -0.39 is 0 Å². The molecule has 2 aliphatic rings. The molecule has 4 heteroatoms. The van der Waals surface area contributed by atoms with Gasteiger partial charge in [0.15, 0.2) is 0 Å². The molecule has 1 saturated carbocycles. The van der Waals surface area contributed by atoms with Crippen molar-refractivity contribution in [3.05, 3.63) is 0 Å². The molecule has 0 radical (unpaired) electrons. The van der Waals surface area contributed by atoms with E-state index in [0.717, 1.165) is 38.8 Å². The fourth-order valence-corrected chi connectivity index (χ4v) is 2.85. The summed E-state index contributed by atoms with van der Waals surface area (Å²) in [5, 5.41) is 3.15. The molecule has 2 fully saturated rings. The van der Waals surface area contributed by atoms with Crippen molar-refractivity contribution in [2.75, 3.05) is 20.1 Å². The third-order valence-electron chi connectivity index (χ3n) is 3.89. The number of carbonyl (C=O) groups excluding carboxylic acids is 1. The molecule has 4 nitrogen and oxygen atoms in total. The fourth-order valence-electron chi connectivity index (χ4n) is 2.85. The lowest BCUT2D eigenvalue weighted by Gasteiger charge is -2.28. The van der Waals surface area contributed by atoms with Gasteiger partial charge in [0, 0.05) is 18.6 Å². The van der Waals surface area contributed by atoms with Crippen LogP contribution in [0.25, 0.3) is 0 Å². The predicted molar refractivity (Wildman–Crippen MR) is 64.0 cm³/mol. The van der Waals surface area contributed by atoms with Gasteiger partial charge in [-0.2, -0.15) is 0 Å². The Kier molecular flexibility index (Phi) is 3.82. The molecule has 3 atom stereocenters. The standard InChI is InChI=1S/C12H23N3O/c1-15-7-6-9(8-15)14-12(16)10-4-2-3-5-11(10)13/h9-11H,2-8,13H2,1H3,(H,14,16). The first kappa shape index (κ1) is 11.9. The number of amides is 1. The van der Waals surface area contributed by atoms with Crippen LogP contribution in [0.4, 0.5) is 0 Å². The monoisotopic (exact) mass is 225 g/mol. The van der Waals surface area contributed by atoms with Crippen LogP contribution in [0.15, 0.2) is 0 Å². The Bertz CT molecular complexity index is 257. The Morgan fingerprint density at radius 3 is 2.69 bits per heavy atom. The van der Waals surface area contributed by atoms with Gasteiger partial charge < -0.3 is 16.0 Å². The van der Waals surface area contributed by atoms with Crippen molar-refractivity contribution in [3.63, 3.8) is 0 Å². The first-order valence-electron chi connectivity index (χ1n) is 6.41. The van der Waals surface area contributed by atoms with E-state index in [-0.39, 0.29) is 17.9 Å². The van der Waals surface area contributed by atoms with Crippen molar-refractivity contribution < 1.29 is 4.79 Å². The maximum absolute atomic E-state index is 12.1.